The molecule has 26 heavy (non-hydrogen) atoms. The number of thioether (sulfide) groups is 1. The number of hydrogen-bond acceptors (Lipinski definition) is 7. The maximum atomic E-state index is 12.0. The van der Waals surface area contributed by atoms with Gasteiger partial charge in [-0.15, -0.1) is 0 Å². The van der Waals surface area contributed by atoms with Crippen LogP contribution >= 0.6 is 11.8 Å². The van der Waals surface area contributed by atoms with Gasteiger partial charge in [-0.25, -0.2) is 5.01 Å². The van der Waals surface area contributed by atoms with E-state index in [-0.39, 0.29) is 11.5 Å². The standard InChI is InChI=1S/C18H18N4O3S/c1-13(23)17-19-21(15-7-5-4-6-8-15)18(26-17,20(2)3)14-9-11-16(12-10-14)22(24)25/h4-12H,1-3H3. The van der Waals surface area contributed by atoms with Crippen LogP contribution in [-0.2, 0) is 9.79 Å². The van der Waals surface area contributed by atoms with Crippen LogP contribution < -0.4 is 5.01 Å². The highest BCUT2D eigenvalue weighted by molar-refractivity contribution is 8.16. The molecule has 1 atom stereocenters. The SMILES string of the molecule is CC(=O)C1=NN(c2ccccc2)C(c2ccc([N+](=O)[O-])cc2)(N(C)C)S1. The monoisotopic (exact) mass is 370 g/mol. The number of rotatable bonds is 5. The molecule has 1 aliphatic rings. The van der Waals surface area contributed by atoms with E-state index in [2.05, 4.69) is 5.10 Å². The highest BCUT2D eigenvalue weighted by atomic mass is 32.2. The molecule has 7 nitrogen and oxygen atoms in total. The van der Waals surface area contributed by atoms with Crippen LogP contribution in [0, 0.1) is 10.1 Å². The molecule has 0 saturated carbocycles. The average Bonchev–Trinajstić information content (AvgIpc) is 3.05. The van der Waals surface area contributed by atoms with Gasteiger partial charge < -0.3 is 0 Å². The lowest BCUT2D eigenvalue weighted by Crippen LogP contribution is -2.49. The highest BCUT2D eigenvalue weighted by Crippen LogP contribution is 2.49. The van der Waals surface area contributed by atoms with Gasteiger partial charge in [0.2, 0.25) is 0 Å². The minimum Gasteiger partial charge on any atom is -0.292 e. The summed E-state index contributed by atoms with van der Waals surface area (Å²) >= 11 is 1.33. The fourth-order valence-corrected chi connectivity index (χ4v) is 4.03. The molecule has 1 heterocycles. The van der Waals surface area contributed by atoms with Crippen molar-refractivity contribution in [2.45, 2.75) is 11.9 Å². The third-order valence-corrected chi connectivity index (χ3v) is 5.70. The Morgan fingerprint density at radius 1 is 1.15 bits per heavy atom. The predicted molar refractivity (Wildman–Crippen MR) is 103 cm³/mol. The zero-order valence-corrected chi connectivity index (χ0v) is 15.4. The van der Waals surface area contributed by atoms with Crippen molar-refractivity contribution in [2.75, 3.05) is 19.1 Å². The van der Waals surface area contributed by atoms with Gasteiger partial charge in [0.25, 0.3) is 5.69 Å². The van der Waals surface area contributed by atoms with E-state index in [1.54, 1.807) is 17.1 Å². The molecule has 0 aliphatic carbocycles. The number of anilines is 1. The number of hydrogen-bond donors (Lipinski definition) is 0. The van der Waals surface area contributed by atoms with Gasteiger partial charge in [-0.3, -0.25) is 19.8 Å². The fourth-order valence-electron chi connectivity index (χ4n) is 2.82. The van der Waals surface area contributed by atoms with Crippen molar-refractivity contribution < 1.29 is 9.72 Å². The molecule has 0 fully saturated rings. The molecule has 134 valence electrons. The van der Waals surface area contributed by atoms with E-state index < -0.39 is 9.92 Å². The Morgan fingerprint density at radius 2 is 1.77 bits per heavy atom. The summed E-state index contributed by atoms with van der Waals surface area (Å²) in [5.74, 6) is -0.124. The molecule has 1 unspecified atom stereocenters. The number of nitro benzene ring substituents is 1. The number of ketones is 1. The predicted octanol–water partition coefficient (Wildman–Crippen LogP) is 3.42. The highest BCUT2D eigenvalue weighted by Gasteiger charge is 2.49. The van der Waals surface area contributed by atoms with Crippen LogP contribution in [-0.4, -0.2) is 34.7 Å². The van der Waals surface area contributed by atoms with Gasteiger partial charge in [-0.2, -0.15) is 5.10 Å². The summed E-state index contributed by atoms with van der Waals surface area (Å²) in [6.45, 7) is 1.48. The quantitative estimate of drug-likeness (QED) is 0.593. The molecule has 0 saturated heterocycles. The number of carbonyl (C=O) groups is 1. The van der Waals surface area contributed by atoms with Crippen molar-refractivity contribution in [3.63, 3.8) is 0 Å². The van der Waals surface area contributed by atoms with Gasteiger partial charge in [-0.05, 0) is 50.1 Å². The zero-order valence-electron chi connectivity index (χ0n) is 14.6. The van der Waals surface area contributed by atoms with Gasteiger partial charge in [0.15, 0.2) is 15.8 Å². The maximum Gasteiger partial charge on any atom is 0.269 e. The Kier molecular flexibility index (Phi) is 4.80. The van der Waals surface area contributed by atoms with Crippen LogP contribution in [0.1, 0.15) is 12.5 Å². The Morgan fingerprint density at radius 3 is 2.27 bits per heavy atom. The second-order valence-corrected chi connectivity index (χ2v) is 7.18. The summed E-state index contributed by atoms with van der Waals surface area (Å²) in [4.78, 5) is 23.7. The van der Waals surface area contributed by atoms with E-state index in [4.69, 9.17) is 0 Å². The lowest BCUT2D eigenvalue weighted by Gasteiger charge is -2.42. The van der Waals surface area contributed by atoms with Gasteiger partial charge >= 0.3 is 0 Å². The van der Waals surface area contributed by atoms with Crippen LogP contribution in [0.25, 0.3) is 0 Å². The molecule has 2 aromatic carbocycles. The smallest absolute Gasteiger partial charge is 0.269 e. The summed E-state index contributed by atoms with van der Waals surface area (Å²) in [6.07, 6.45) is 0. The number of non-ortho nitro benzene ring substituents is 1. The number of nitrogens with zero attached hydrogens (tertiary/aromatic N) is 4. The van der Waals surface area contributed by atoms with Crippen LogP contribution in [0.15, 0.2) is 59.7 Å². The van der Waals surface area contributed by atoms with Crippen molar-refractivity contribution in [1.29, 1.82) is 0 Å². The number of para-hydroxylation sites is 1. The second-order valence-electron chi connectivity index (χ2n) is 6.02. The Balaban J connectivity index is 2.17. The van der Waals surface area contributed by atoms with Gasteiger partial charge in [-0.1, -0.05) is 18.2 Å². The first kappa shape index (κ1) is 18.1. The second kappa shape index (κ2) is 6.89. The van der Waals surface area contributed by atoms with Crippen molar-refractivity contribution >= 4 is 34.0 Å². The zero-order chi connectivity index (χ0) is 18.9. The number of hydrazone groups is 1. The molecule has 1 aliphatic heterocycles. The molecule has 0 bridgehead atoms. The first-order chi connectivity index (χ1) is 12.4. The summed E-state index contributed by atoms with van der Waals surface area (Å²) in [5.41, 5.74) is 1.63. The Labute approximate surface area is 155 Å². The Bertz CT molecular complexity index is 868. The molecular formula is C18H18N4O3S. The lowest BCUT2D eigenvalue weighted by atomic mass is 10.1. The molecule has 2 aromatic rings. The topological polar surface area (TPSA) is 79.0 Å². The lowest BCUT2D eigenvalue weighted by molar-refractivity contribution is -0.384. The van der Waals surface area contributed by atoms with Crippen LogP contribution in [0.5, 0.6) is 0 Å². The average molecular weight is 370 g/mol. The molecule has 0 spiro atoms. The summed E-state index contributed by atoms with van der Waals surface area (Å²) < 4.78 is 0. The molecule has 8 heteroatoms. The number of Topliss-reactive ketones (excluding diaryl/α,β-unsaturated/α-hetero) is 1. The first-order valence-corrected chi connectivity index (χ1v) is 8.74. The van der Waals surface area contributed by atoms with Crippen LogP contribution in [0.3, 0.4) is 0 Å². The number of carbonyl (C=O) groups excluding carboxylic acids is 1. The number of benzene rings is 2. The van der Waals surface area contributed by atoms with Gasteiger partial charge in [0.05, 0.1) is 10.6 Å². The van der Waals surface area contributed by atoms with E-state index >= 15 is 0 Å². The third kappa shape index (κ3) is 2.97. The van der Waals surface area contributed by atoms with Crippen molar-refractivity contribution in [3.05, 3.63) is 70.3 Å². The molecule has 0 amide bonds. The Hall–Kier alpha value is -2.71. The molecule has 0 aromatic heterocycles. The van der Waals surface area contributed by atoms with E-state index in [1.165, 1.54) is 30.8 Å². The summed E-state index contributed by atoms with van der Waals surface area (Å²) in [5, 5.41) is 17.7. The number of nitro groups is 1. The molecular weight excluding hydrogens is 352 g/mol. The fraction of sp³-hybridized carbons (Fsp3) is 0.222. The minimum absolute atomic E-state index is 0.0182. The molecule has 0 N–H and O–H groups in total. The van der Waals surface area contributed by atoms with Gasteiger partial charge in [0.1, 0.15) is 0 Å². The first-order valence-electron chi connectivity index (χ1n) is 7.92. The minimum atomic E-state index is -0.822. The molecule has 3 rings (SSSR count). The van der Waals surface area contributed by atoms with Crippen LogP contribution in [0.4, 0.5) is 11.4 Å². The summed E-state index contributed by atoms with van der Waals surface area (Å²) in [7, 11) is 3.78. The van der Waals surface area contributed by atoms with E-state index in [0.717, 1.165) is 11.3 Å². The third-order valence-electron chi connectivity index (χ3n) is 4.08. The van der Waals surface area contributed by atoms with Crippen molar-refractivity contribution in [3.8, 4) is 0 Å². The van der Waals surface area contributed by atoms with Crippen molar-refractivity contribution in [1.82, 2.24) is 4.90 Å². The van der Waals surface area contributed by atoms with E-state index in [0.29, 0.717) is 5.04 Å². The van der Waals surface area contributed by atoms with E-state index in [9.17, 15) is 14.9 Å². The van der Waals surface area contributed by atoms with Crippen LogP contribution in [0.2, 0.25) is 0 Å². The van der Waals surface area contributed by atoms with E-state index in [1.807, 2.05) is 49.3 Å². The maximum absolute atomic E-state index is 12.0. The van der Waals surface area contributed by atoms with Crippen molar-refractivity contribution in [2.24, 2.45) is 5.10 Å². The summed E-state index contributed by atoms with van der Waals surface area (Å²) in [6, 6.07) is 15.9. The van der Waals surface area contributed by atoms with Gasteiger partial charge in [0, 0.05) is 24.6 Å². The normalized spacial score (nSPS) is 19.5. The molecule has 0 radical (unpaired) electrons. The largest absolute Gasteiger partial charge is 0.292 e.